The lowest BCUT2D eigenvalue weighted by Crippen LogP contribution is -2.24. The minimum atomic E-state index is -3.15. The average molecular weight is 322 g/mol. The first-order chi connectivity index (χ1) is 10.4. The number of sulfone groups is 1. The Morgan fingerprint density at radius 2 is 2.14 bits per heavy atom. The van der Waals surface area contributed by atoms with Crippen LogP contribution in [0.4, 0.5) is 0 Å². The molecule has 1 aliphatic carbocycles. The molecular formula is C15H18N2O4S. The highest BCUT2D eigenvalue weighted by Crippen LogP contribution is 2.39. The average Bonchev–Trinajstić information content (AvgIpc) is 2.89. The lowest BCUT2D eigenvalue weighted by Gasteiger charge is -2.30. The molecule has 0 amide bonds. The van der Waals surface area contributed by atoms with E-state index in [9.17, 15) is 13.2 Å². The van der Waals surface area contributed by atoms with Crippen molar-refractivity contribution in [3.05, 3.63) is 51.8 Å². The lowest BCUT2D eigenvalue weighted by molar-refractivity contribution is 0.383. The molecule has 1 aromatic heterocycles. The third-order valence-corrected chi connectivity index (χ3v) is 5.70. The monoisotopic (exact) mass is 322 g/mol. The van der Waals surface area contributed by atoms with E-state index < -0.39 is 20.8 Å². The van der Waals surface area contributed by atoms with Gasteiger partial charge in [-0.3, -0.25) is 0 Å². The largest absolute Gasteiger partial charge is 0.434 e. The smallest absolute Gasteiger partial charge is 0.393 e. The summed E-state index contributed by atoms with van der Waals surface area (Å²) in [7, 11) is -3.15. The molecule has 1 unspecified atom stereocenters. The topological polar surface area (TPSA) is 93.0 Å². The standard InChI is InChI=1S/C15H18N2O4S/c1-22(19,20)13-9-10(6-7-14-16-17-15(18)21-14)8-11-4-2-3-5-12(11)13/h2-5,10,13H,6-9H2,1H3,(H,17,18)/t10-,13?/m1/s1. The number of benzene rings is 1. The number of fused-ring (bicyclic) bond motifs is 1. The van der Waals surface area contributed by atoms with Gasteiger partial charge in [0.2, 0.25) is 5.89 Å². The third kappa shape index (κ3) is 3.14. The molecule has 0 saturated carbocycles. The maximum Gasteiger partial charge on any atom is 0.434 e. The van der Waals surface area contributed by atoms with Crippen LogP contribution >= 0.6 is 0 Å². The zero-order chi connectivity index (χ0) is 15.7. The van der Waals surface area contributed by atoms with Crippen molar-refractivity contribution in [2.75, 3.05) is 6.26 Å². The summed E-state index contributed by atoms with van der Waals surface area (Å²) in [5.41, 5.74) is 2.02. The molecule has 1 N–H and O–H groups in total. The first-order valence-corrected chi connectivity index (χ1v) is 9.20. The predicted octanol–water partition coefficient (Wildman–Crippen LogP) is 1.64. The minimum absolute atomic E-state index is 0.233. The fraction of sp³-hybridized carbons (Fsp3) is 0.467. The van der Waals surface area contributed by atoms with E-state index >= 15 is 0 Å². The van der Waals surface area contributed by atoms with Crippen molar-refractivity contribution in [2.45, 2.75) is 30.9 Å². The van der Waals surface area contributed by atoms with E-state index in [1.165, 1.54) is 6.26 Å². The summed E-state index contributed by atoms with van der Waals surface area (Å²) in [5, 5.41) is 5.58. The number of aryl methyl sites for hydroxylation is 1. The van der Waals surface area contributed by atoms with Gasteiger partial charge in [0.15, 0.2) is 9.84 Å². The second kappa shape index (κ2) is 5.72. The normalized spacial score (nSPS) is 21.5. The van der Waals surface area contributed by atoms with Crippen LogP contribution in [0.25, 0.3) is 0 Å². The Labute approximate surface area is 128 Å². The van der Waals surface area contributed by atoms with Crippen molar-refractivity contribution in [3.63, 3.8) is 0 Å². The van der Waals surface area contributed by atoms with E-state index in [1.807, 2.05) is 24.3 Å². The maximum absolute atomic E-state index is 12.1. The van der Waals surface area contributed by atoms with Crippen LogP contribution in [0, 0.1) is 5.92 Å². The Hall–Kier alpha value is -1.89. The van der Waals surface area contributed by atoms with Crippen LogP contribution in [0.3, 0.4) is 0 Å². The van der Waals surface area contributed by atoms with Gasteiger partial charge in [0.25, 0.3) is 0 Å². The molecule has 0 spiro atoms. The second-order valence-electron chi connectivity index (χ2n) is 5.87. The van der Waals surface area contributed by atoms with Crippen LogP contribution in [0.2, 0.25) is 0 Å². The number of nitrogens with zero attached hydrogens (tertiary/aromatic N) is 1. The van der Waals surface area contributed by atoms with Crippen molar-refractivity contribution >= 4 is 9.84 Å². The van der Waals surface area contributed by atoms with Gasteiger partial charge in [-0.05, 0) is 36.3 Å². The van der Waals surface area contributed by atoms with Gasteiger partial charge < -0.3 is 4.42 Å². The predicted molar refractivity (Wildman–Crippen MR) is 81.3 cm³/mol. The molecule has 0 fully saturated rings. The molecule has 7 heteroatoms. The molecule has 1 heterocycles. The van der Waals surface area contributed by atoms with E-state index in [0.717, 1.165) is 24.0 Å². The summed E-state index contributed by atoms with van der Waals surface area (Å²) in [6.45, 7) is 0. The summed E-state index contributed by atoms with van der Waals surface area (Å²) >= 11 is 0. The summed E-state index contributed by atoms with van der Waals surface area (Å²) < 4.78 is 29.1. The first kappa shape index (κ1) is 15.0. The highest BCUT2D eigenvalue weighted by atomic mass is 32.2. The Morgan fingerprint density at radius 3 is 2.82 bits per heavy atom. The van der Waals surface area contributed by atoms with E-state index in [0.29, 0.717) is 18.7 Å². The molecule has 3 rings (SSSR count). The zero-order valence-corrected chi connectivity index (χ0v) is 13.1. The third-order valence-electron chi connectivity index (χ3n) is 4.22. The van der Waals surface area contributed by atoms with Gasteiger partial charge in [-0.25, -0.2) is 18.3 Å². The lowest BCUT2D eigenvalue weighted by atomic mass is 9.81. The second-order valence-corrected chi connectivity index (χ2v) is 8.10. The molecule has 0 bridgehead atoms. The van der Waals surface area contributed by atoms with Gasteiger partial charge >= 0.3 is 5.76 Å². The highest BCUT2D eigenvalue weighted by Gasteiger charge is 2.32. The Balaban J connectivity index is 1.79. The summed E-state index contributed by atoms with van der Waals surface area (Å²) in [6.07, 6.45) is 4.02. The van der Waals surface area contributed by atoms with Crippen LogP contribution in [-0.4, -0.2) is 24.9 Å². The summed E-state index contributed by atoms with van der Waals surface area (Å²) in [6, 6.07) is 7.72. The van der Waals surface area contributed by atoms with E-state index in [1.54, 1.807) is 0 Å². The van der Waals surface area contributed by atoms with Crippen molar-refractivity contribution < 1.29 is 12.8 Å². The molecule has 1 aliphatic rings. The van der Waals surface area contributed by atoms with Gasteiger partial charge in [-0.2, -0.15) is 0 Å². The van der Waals surface area contributed by atoms with E-state index in [-0.39, 0.29) is 5.92 Å². The van der Waals surface area contributed by atoms with Crippen LogP contribution < -0.4 is 5.76 Å². The van der Waals surface area contributed by atoms with Crippen LogP contribution in [0.1, 0.15) is 35.1 Å². The van der Waals surface area contributed by atoms with E-state index in [4.69, 9.17) is 4.42 Å². The number of hydrogen-bond acceptors (Lipinski definition) is 5. The van der Waals surface area contributed by atoms with Crippen molar-refractivity contribution in [1.82, 2.24) is 10.2 Å². The van der Waals surface area contributed by atoms with Crippen molar-refractivity contribution in [2.24, 2.45) is 5.92 Å². The number of hydrogen-bond donors (Lipinski definition) is 1. The molecule has 22 heavy (non-hydrogen) atoms. The van der Waals surface area contributed by atoms with E-state index in [2.05, 4.69) is 10.2 Å². The molecule has 0 saturated heterocycles. The Bertz CT molecular complexity index is 822. The Kier molecular flexibility index (Phi) is 3.90. The van der Waals surface area contributed by atoms with Crippen LogP contribution in [0.15, 0.2) is 33.5 Å². The molecule has 1 aromatic carbocycles. The summed E-state index contributed by atoms with van der Waals surface area (Å²) in [5.74, 6) is 0.0504. The number of nitrogens with one attached hydrogen (secondary N) is 1. The van der Waals surface area contributed by atoms with Crippen molar-refractivity contribution in [3.8, 4) is 0 Å². The minimum Gasteiger partial charge on any atom is -0.393 e. The van der Waals surface area contributed by atoms with Gasteiger partial charge in [-0.1, -0.05) is 24.3 Å². The van der Waals surface area contributed by atoms with Gasteiger partial charge in [-0.15, -0.1) is 5.10 Å². The molecule has 0 aliphatic heterocycles. The molecule has 2 atom stereocenters. The number of aromatic nitrogens is 2. The van der Waals surface area contributed by atoms with Crippen LogP contribution in [0.5, 0.6) is 0 Å². The summed E-state index contributed by atoms with van der Waals surface area (Å²) in [4.78, 5) is 10.9. The fourth-order valence-corrected chi connectivity index (χ4v) is 4.49. The molecule has 0 radical (unpaired) electrons. The number of rotatable bonds is 4. The van der Waals surface area contributed by atoms with Crippen LogP contribution in [-0.2, 0) is 22.7 Å². The quantitative estimate of drug-likeness (QED) is 0.923. The number of H-pyrrole nitrogens is 1. The molecule has 2 aromatic rings. The zero-order valence-electron chi connectivity index (χ0n) is 12.3. The highest BCUT2D eigenvalue weighted by molar-refractivity contribution is 7.90. The first-order valence-electron chi connectivity index (χ1n) is 7.24. The molecular weight excluding hydrogens is 304 g/mol. The SMILES string of the molecule is CS(=O)(=O)C1C[C@H](CCc2n[nH]c(=O)o2)Cc2ccccc21. The molecule has 118 valence electrons. The Morgan fingerprint density at radius 1 is 1.36 bits per heavy atom. The van der Waals surface area contributed by atoms with Crippen molar-refractivity contribution in [1.29, 1.82) is 0 Å². The van der Waals surface area contributed by atoms with Gasteiger partial charge in [0.05, 0.1) is 5.25 Å². The maximum atomic E-state index is 12.1. The van der Waals surface area contributed by atoms with Gasteiger partial charge in [0.1, 0.15) is 0 Å². The molecule has 6 nitrogen and oxygen atoms in total. The van der Waals surface area contributed by atoms with Gasteiger partial charge in [0, 0.05) is 12.7 Å². The number of aromatic amines is 1. The fourth-order valence-electron chi connectivity index (χ4n) is 3.18.